The SMILES string of the molecule is CCOc1cc([N+](=O)[O-])cc(/C=N\NC(=O)C(O)(c2ccccc2)c2ccccc2)c1O. The Labute approximate surface area is 183 Å². The zero-order valence-corrected chi connectivity index (χ0v) is 17.1. The van der Waals surface area contributed by atoms with Gasteiger partial charge in [0.25, 0.3) is 11.6 Å². The minimum absolute atomic E-state index is 0.0362. The molecule has 32 heavy (non-hydrogen) atoms. The lowest BCUT2D eigenvalue weighted by Gasteiger charge is -2.27. The second-order valence-electron chi connectivity index (χ2n) is 6.71. The van der Waals surface area contributed by atoms with Crippen molar-refractivity contribution >= 4 is 17.8 Å². The first-order valence-corrected chi connectivity index (χ1v) is 9.69. The maximum absolute atomic E-state index is 13.0. The summed E-state index contributed by atoms with van der Waals surface area (Å²) < 4.78 is 5.22. The number of nitro benzene ring substituents is 1. The fourth-order valence-electron chi connectivity index (χ4n) is 3.11. The Kier molecular flexibility index (Phi) is 6.81. The number of benzene rings is 3. The van der Waals surface area contributed by atoms with E-state index in [0.29, 0.717) is 11.1 Å². The van der Waals surface area contributed by atoms with Crippen LogP contribution < -0.4 is 10.2 Å². The number of phenolic OH excluding ortho intramolecular Hbond substituents is 1. The summed E-state index contributed by atoms with van der Waals surface area (Å²) in [6.07, 6.45) is 1.04. The highest BCUT2D eigenvalue weighted by atomic mass is 16.6. The molecule has 0 aliphatic heterocycles. The lowest BCUT2D eigenvalue weighted by atomic mass is 9.85. The average molecular weight is 435 g/mol. The second-order valence-corrected chi connectivity index (χ2v) is 6.71. The predicted molar refractivity (Wildman–Crippen MR) is 118 cm³/mol. The van der Waals surface area contributed by atoms with Gasteiger partial charge in [-0.15, -0.1) is 0 Å². The third kappa shape index (κ3) is 4.57. The van der Waals surface area contributed by atoms with Crippen LogP contribution in [0.15, 0.2) is 77.9 Å². The van der Waals surface area contributed by atoms with E-state index in [0.717, 1.165) is 18.3 Å². The number of aromatic hydroxyl groups is 1. The number of nitrogens with one attached hydrogen (secondary N) is 1. The third-order valence-corrected chi connectivity index (χ3v) is 4.68. The van der Waals surface area contributed by atoms with Gasteiger partial charge >= 0.3 is 0 Å². The van der Waals surface area contributed by atoms with Crippen LogP contribution in [0.25, 0.3) is 0 Å². The number of rotatable bonds is 8. The van der Waals surface area contributed by atoms with Crippen LogP contribution in [0.5, 0.6) is 11.5 Å². The first-order valence-electron chi connectivity index (χ1n) is 9.69. The van der Waals surface area contributed by atoms with E-state index in [1.54, 1.807) is 67.6 Å². The van der Waals surface area contributed by atoms with Crippen LogP contribution in [-0.4, -0.2) is 33.9 Å². The van der Waals surface area contributed by atoms with Crippen LogP contribution in [-0.2, 0) is 10.4 Å². The Hall–Kier alpha value is -4.24. The number of nitrogens with zero attached hydrogens (tertiary/aromatic N) is 2. The summed E-state index contributed by atoms with van der Waals surface area (Å²) in [5.74, 6) is -1.29. The third-order valence-electron chi connectivity index (χ3n) is 4.68. The van der Waals surface area contributed by atoms with E-state index in [4.69, 9.17) is 4.74 Å². The number of aliphatic hydroxyl groups is 1. The number of carbonyl (C=O) groups is 1. The van der Waals surface area contributed by atoms with E-state index in [1.807, 2.05) is 0 Å². The molecular weight excluding hydrogens is 414 g/mol. The molecule has 9 heteroatoms. The zero-order valence-electron chi connectivity index (χ0n) is 17.1. The molecule has 164 valence electrons. The van der Waals surface area contributed by atoms with Crippen molar-refractivity contribution in [3.63, 3.8) is 0 Å². The molecule has 0 unspecified atom stereocenters. The summed E-state index contributed by atoms with van der Waals surface area (Å²) in [6, 6.07) is 18.9. The maximum atomic E-state index is 13.0. The number of hydrogen-bond donors (Lipinski definition) is 3. The standard InChI is InChI=1S/C23H21N3O6/c1-2-32-20-14-19(26(30)31)13-16(21(20)27)15-24-25-22(28)23(29,17-9-5-3-6-10-17)18-11-7-4-8-12-18/h3-15,27,29H,2H2,1H3,(H,25,28)/b24-15-. The predicted octanol–water partition coefficient (Wildman–Crippen LogP) is 3.09. The Balaban J connectivity index is 1.93. The van der Waals surface area contributed by atoms with E-state index in [9.17, 15) is 25.1 Å². The molecule has 1 amide bonds. The van der Waals surface area contributed by atoms with Crippen LogP contribution in [0.3, 0.4) is 0 Å². The number of non-ortho nitro benzene ring substituents is 1. The summed E-state index contributed by atoms with van der Waals surface area (Å²) >= 11 is 0. The fourth-order valence-corrected chi connectivity index (χ4v) is 3.11. The minimum atomic E-state index is -2.04. The van der Waals surface area contributed by atoms with Crippen molar-refractivity contribution in [2.45, 2.75) is 12.5 Å². The molecule has 0 heterocycles. The maximum Gasteiger partial charge on any atom is 0.281 e. The van der Waals surface area contributed by atoms with E-state index < -0.39 is 16.4 Å². The molecule has 0 fully saturated rings. The van der Waals surface area contributed by atoms with Crippen molar-refractivity contribution in [1.29, 1.82) is 0 Å². The highest BCUT2D eigenvalue weighted by Crippen LogP contribution is 2.34. The second kappa shape index (κ2) is 9.71. The average Bonchev–Trinajstić information content (AvgIpc) is 2.81. The molecule has 0 spiro atoms. The highest BCUT2D eigenvalue weighted by Gasteiger charge is 2.39. The summed E-state index contributed by atoms with van der Waals surface area (Å²) in [4.78, 5) is 23.5. The summed E-state index contributed by atoms with van der Waals surface area (Å²) in [6.45, 7) is 1.85. The van der Waals surface area contributed by atoms with E-state index in [-0.39, 0.29) is 29.4 Å². The van der Waals surface area contributed by atoms with E-state index in [1.165, 1.54) is 0 Å². The zero-order chi connectivity index (χ0) is 23.1. The number of phenols is 1. The Morgan fingerprint density at radius 1 is 1.12 bits per heavy atom. The number of hydrogen-bond acceptors (Lipinski definition) is 7. The molecule has 9 nitrogen and oxygen atoms in total. The molecule has 0 aliphatic rings. The molecule has 0 bridgehead atoms. The fraction of sp³-hybridized carbons (Fsp3) is 0.130. The van der Waals surface area contributed by atoms with Gasteiger partial charge in [-0.05, 0) is 18.1 Å². The smallest absolute Gasteiger partial charge is 0.281 e. The Morgan fingerprint density at radius 3 is 2.19 bits per heavy atom. The van der Waals surface area contributed by atoms with Gasteiger partial charge in [0.1, 0.15) is 0 Å². The molecule has 0 aromatic heterocycles. The van der Waals surface area contributed by atoms with Gasteiger partial charge in [-0.1, -0.05) is 60.7 Å². The van der Waals surface area contributed by atoms with Gasteiger partial charge in [0.15, 0.2) is 17.1 Å². The molecular formula is C23H21N3O6. The quantitative estimate of drug-likeness (QED) is 0.283. The van der Waals surface area contributed by atoms with E-state index >= 15 is 0 Å². The Morgan fingerprint density at radius 2 is 1.69 bits per heavy atom. The molecule has 3 aromatic rings. The van der Waals surface area contributed by atoms with Crippen LogP contribution in [0.2, 0.25) is 0 Å². The lowest BCUT2D eigenvalue weighted by Crippen LogP contribution is -2.43. The molecule has 0 atom stereocenters. The largest absolute Gasteiger partial charge is 0.504 e. The van der Waals surface area contributed by atoms with Gasteiger partial charge in [-0.3, -0.25) is 14.9 Å². The Bertz CT molecular complexity index is 1090. The monoisotopic (exact) mass is 435 g/mol. The van der Waals surface area contributed by atoms with Crippen molar-refractivity contribution in [1.82, 2.24) is 5.43 Å². The number of amides is 1. The molecule has 0 saturated heterocycles. The number of carbonyl (C=O) groups excluding carboxylic acids is 1. The van der Waals surface area contributed by atoms with Crippen molar-refractivity contribution in [2.75, 3.05) is 6.61 Å². The molecule has 0 radical (unpaired) electrons. The first kappa shape index (κ1) is 22.4. The molecule has 3 rings (SSSR count). The molecule has 3 N–H and O–H groups in total. The molecule has 0 aliphatic carbocycles. The molecule has 0 saturated carbocycles. The first-order chi connectivity index (χ1) is 15.4. The normalized spacial score (nSPS) is 11.3. The highest BCUT2D eigenvalue weighted by molar-refractivity contribution is 5.92. The van der Waals surface area contributed by atoms with Crippen molar-refractivity contribution in [3.05, 3.63) is 99.6 Å². The summed E-state index contributed by atoms with van der Waals surface area (Å²) in [7, 11) is 0. The van der Waals surface area contributed by atoms with Gasteiger partial charge in [0, 0.05) is 11.6 Å². The van der Waals surface area contributed by atoms with Gasteiger partial charge in [-0.2, -0.15) is 5.10 Å². The topological polar surface area (TPSA) is 134 Å². The molecule has 3 aromatic carbocycles. The van der Waals surface area contributed by atoms with Crippen LogP contribution >= 0.6 is 0 Å². The van der Waals surface area contributed by atoms with Crippen molar-refractivity contribution < 1.29 is 24.7 Å². The van der Waals surface area contributed by atoms with Gasteiger partial charge < -0.3 is 14.9 Å². The van der Waals surface area contributed by atoms with Crippen molar-refractivity contribution in [2.24, 2.45) is 5.10 Å². The van der Waals surface area contributed by atoms with Gasteiger partial charge in [0.2, 0.25) is 0 Å². The summed E-state index contributed by atoms with van der Waals surface area (Å²) in [5, 5.41) is 36.6. The van der Waals surface area contributed by atoms with Gasteiger partial charge in [-0.25, -0.2) is 5.43 Å². The van der Waals surface area contributed by atoms with Gasteiger partial charge in [0.05, 0.1) is 23.8 Å². The number of ether oxygens (including phenoxy) is 1. The van der Waals surface area contributed by atoms with Crippen molar-refractivity contribution in [3.8, 4) is 11.5 Å². The van der Waals surface area contributed by atoms with Crippen LogP contribution in [0.4, 0.5) is 5.69 Å². The van der Waals surface area contributed by atoms with Crippen LogP contribution in [0.1, 0.15) is 23.6 Å². The van der Waals surface area contributed by atoms with E-state index in [2.05, 4.69) is 10.5 Å². The minimum Gasteiger partial charge on any atom is -0.504 e. The van der Waals surface area contributed by atoms with Crippen LogP contribution in [0, 0.1) is 10.1 Å². The number of nitro groups is 1. The number of hydrazone groups is 1. The summed E-state index contributed by atoms with van der Waals surface area (Å²) in [5.41, 5.74) is 0.521. The lowest BCUT2D eigenvalue weighted by molar-refractivity contribution is -0.385.